The fourth-order valence-electron chi connectivity index (χ4n) is 2.40. The first-order chi connectivity index (χ1) is 9.65. The third-order valence-electron chi connectivity index (χ3n) is 3.60. The van der Waals surface area contributed by atoms with Crippen LogP contribution in [0.3, 0.4) is 0 Å². The lowest BCUT2D eigenvalue weighted by Gasteiger charge is -2.20. The smallest absolute Gasteiger partial charge is 0.123 e. The first kappa shape index (κ1) is 14.9. The van der Waals surface area contributed by atoms with E-state index < -0.39 is 0 Å². The number of nitrogens with one attached hydrogen (secondary N) is 1. The van der Waals surface area contributed by atoms with Crippen LogP contribution >= 0.6 is 11.6 Å². The lowest BCUT2D eigenvalue weighted by atomic mass is 9.95. The molecule has 2 nitrogen and oxygen atoms in total. The van der Waals surface area contributed by atoms with Gasteiger partial charge in [0, 0.05) is 16.6 Å². The highest BCUT2D eigenvalue weighted by Crippen LogP contribution is 2.30. The van der Waals surface area contributed by atoms with Crippen LogP contribution in [0.1, 0.15) is 22.7 Å². The molecule has 1 atom stereocenters. The quantitative estimate of drug-likeness (QED) is 0.892. The molecule has 0 amide bonds. The molecule has 3 heteroatoms. The number of methoxy groups -OCH3 is 1. The van der Waals surface area contributed by atoms with Crippen LogP contribution in [0.4, 0.5) is 0 Å². The molecule has 1 unspecified atom stereocenters. The monoisotopic (exact) mass is 289 g/mol. The zero-order chi connectivity index (χ0) is 14.5. The molecular weight excluding hydrogens is 270 g/mol. The molecule has 20 heavy (non-hydrogen) atoms. The summed E-state index contributed by atoms with van der Waals surface area (Å²) in [5.41, 5.74) is 3.72. The van der Waals surface area contributed by atoms with Gasteiger partial charge in [-0.25, -0.2) is 0 Å². The number of benzene rings is 2. The molecule has 0 fully saturated rings. The van der Waals surface area contributed by atoms with Crippen molar-refractivity contribution in [3.63, 3.8) is 0 Å². The molecule has 2 aromatic rings. The van der Waals surface area contributed by atoms with Gasteiger partial charge in [0.15, 0.2) is 0 Å². The third kappa shape index (κ3) is 3.33. The van der Waals surface area contributed by atoms with E-state index in [1.807, 2.05) is 25.2 Å². The van der Waals surface area contributed by atoms with Crippen LogP contribution in [-0.4, -0.2) is 14.2 Å². The summed E-state index contributed by atoms with van der Waals surface area (Å²) in [6.45, 7) is 2.14. The summed E-state index contributed by atoms with van der Waals surface area (Å²) in [7, 11) is 3.65. The summed E-state index contributed by atoms with van der Waals surface area (Å²) in [5, 5.41) is 4.08. The Balaban J connectivity index is 2.33. The molecule has 1 N–H and O–H groups in total. The molecule has 0 heterocycles. The van der Waals surface area contributed by atoms with Gasteiger partial charge >= 0.3 is 0 Å². The highest BCUT2D eigenvalue weighted by molar-refractivity contribution is 6.30. The molecular formula is C17H20ClNO. The molecule has 0 aliphatic rings. The Morgan fingerprint density at radius 3 is 2.60 bits per heavy atom. The Morgan fingerprint density at radius 1 is 1.20 bits per heavy atom. The van der Waals surface area contributed by atoms with E-state index in [1.54, 1.807) is 7.11 Å². The number of rotatable bonds is 5. The zero-order valence-corrected chi connectivity index (χ0v) is 12.9. The van der Waals surface area contributed by atoms with Crippen molar-refractivity contribution in [3.05, 3.63) is 64.2 Å². The average Bonchev–Trinajstić information content (AvgIpc) is 2.46. The lowest BCUT2D eigenvalue weighted by molar-refractivity contribution is 0.401. The van der Waals surface area contributed by atoms with E-state index >= 15 is 0 Å². The van der Waals surface area contributed by atoms with Crippen molar-refractivity contribution in [3.8, 4) is 5.75 Å². The molecule has 106 valence electrons. The molecule has 0 saturated heterocycles. The summed E-state index contributed by atoms with van der Waals surface area (Å²) in [5.74, 6) is 0.863. The van der Waals surface area contributed by atoms with Crippen molar-refractivity contribution < 1.29 is 4.74 Å². The third-order valence-corrected chi connectivity index (χ3v) is 3.84. The van der Waals surface area contributed by atoms with Gasteiger partial charge in [0.2, 0.25) is 0 Å². The Kier molecular flexibility index (Phi) is 5.05. The Morgan fingerprint density at radius 2 is 1.95 bits per heavy atom. The number of halogens is 1. The summed E-state index contributed by atoms with van der Waals surface area (Å²) in [6.07, 6.45) is 0.903. The maximum atomic E-state index is 6.13. The van der Waals surface area contributed by atoms with E-state index in [0.717, 1.165) is 22.8 Å². The van der Waals surface area contributed by atoms with Gasteiger partial charge in [0.1, 0.15) is 5.75 Å². The number of likely N-dealkylation sites (N-methyl/N-ethyl adjacent to an activating group) is 1. The SMILES string of the molecule is CNC(Cc1ccccc1C)c1cc(Cl)ccc1OC. The summed E-state index contributed by atoms with van der Waals surface area (Å²) in [4.78, 5) is 0. The summed E-state index contributed by atoms with van der Waals surface area (Å²) < 4.78 is 5.45. The second-order valence-electron chi connectivity index (χ2n) is 4.86. The van der Waals surface area contributed by atoms with Crippen LogP contribution in [0.5, 0.6) is 5.75 Å². The number of ether oxygens (including phenoxy) is 1. The maximum Gasteiger partial charge on any atom is 0.123 e. The van der Waals surface area contributed by atoms with Crippen LogP contribution in [0.15, 0.2) is 42.5 Å². The summed E-state index contributed by atoms with van der Waals surface area (Å²) >= 11 is 6.13. The van der Waals surface area contributed by atoms with Crippen molar-refractivity contribution in [1.29, 1.82) is 0 Å². The molecule has 0 aliphatic carbocycles. The zero-order valence-electron chi connectivity index (χ0n) is 12.1. The predicted molar refractivity (Wildman–Crippen MR) is 84.7 cm³/mol. The van der Waals surface area contributed by atoms with Gasteiger partial charge in [0.05, 0.1) is 7.11 Å². The first-order valence-corrected chi connectivity index (χ1v) is 7.08. The van der Waals surface area contributed by atoms with E-state index in [-0.39, 0.29) is 6.04 Å². The predicted octanol–water partition coefficient (Wildman–Crippen LogP) is 4.16. The highest BCUT2D eigenvalue weighted by atomic mass is 35.5. The van der Waals surface area contributed by atoms with Gasteiger partial charge in [-0.15, -0.1) is 0 Å². The highest BCUT2D eigenvalue weighted by Gasteiger charge is 2.16. The van der Waals surface area contributed by atoms with Gasteiger partial charge in [-0.1, -0.05) is 35.9 Å². The van der Waals surface area contributed by atoms with E-state index in [4.69, 9.17) is 16.3 Å². The van der Waals surface area contributed by atoms with Gasteiger partial charge < -0.3 is 10.1 Å². The molecule has 0 aliphatic heterocycles. The minimum atomic E-state index is 0.171. The normalized spacial score (nSPS) is 12.2. The largest absolute Gasteiger partial charge is 0.496 e. The van der Waals surface area contributed by atoms with Gasteiger partial charge in [0.25, 0.3) is 0 Å². The van der Waals surface area contributed by atoms with Crippen molar-refractivity contribution >= 4 is 11.6 Å². The average molecular weight is 290 g/mol. The topological polar surface area (TPSA) is 21.3 Å². The van der Waals surface area contributed by atoms with Crippen molar-refractivity contribution in [1.82, 2.24) is 5.32 Å². The maximum absolute atomic E-state index is 6.13. The number of hydrogen-bond donors (Lipinski definition) is 1. The molecule has 0 radical (unpaired) electrons. The van der Waals surface area contributed by atoms with Gasteiger partial charge in [-0.05, 0) is 49.7 Å². The van der Waals surface area contributed by atoms with Crippen LogP contribution in [0.2, 0.25) is 5.02 Å². The molecule has 0 bridgehead atoms. The molecule has 0 spiro atoms. The lowest BCUT2D eigenvalue weighted by Crippen LogP contribution is -2.20. The minimum Gasteiger partial charge on any atom is -0.496 e. The molecule has 2 aromatic carbocycles. The second-order valence-corrected chi connectivity index (χ2v) is 5.29. The van der Waals surface area contributed by atoms with Gasteiger partial charge in [-0.3, -0.25) is 0 Å². The van der Waals surface area contributed by atoms with E-state index in [2.05, 4.69) is 36.5 Å². The second kappa shape index (κ2) is 6.78. The van der Waals surface area contributed by atoms with E-state index in [1.165, 1.54) is 11.1 Å². The number of aryl methyl sites for hydroxylation is 1. The summed E-state index contributed by atoms with van der Waals surface area (Å²) in [6, 6.07) is 14.3. The van der Waals surface area contributed by atoms with Crippen LogP contribution in [0.25, 0.3) is 0 Å². The van der Waals surface area contributed by atoms with Gasteiger partial charge in [-0.2, -0.15) is 0 Å². The Hall–Kier alpha value is -1.51. The number of hydrogen-bond acceptors (Lipinski definition) is 2. The van der Waals surface area contributed by atoms with Crippen LogP contribution < -0.4 is 10.1 Å². The van der Waals surface area contributed by atoms with Crippen molar-refractivity contribution in [2.24, 2.45) is 0 Å². The van der Waals surface area contributed by atoms with Crippen molar-refractivity contribution in [2.45, 2.75) is 19.4 Å². The Labute approximate surface area is 125 Å². The molecule has 0 saturated carbocycles. The van der Waals surface area contributed by atoms with E-state index in [0.29, 0.717) is 0 Å². The first-order valence-electron chi connectivity index (χ1n) is 6.71. The fourth-order valence-corrected chi connectivity index (χ4v) is 2.58. The minimum absolute atomic E-state index is 0.171. The van der Waals surface area contributed by atoms with Crippen LogP contribution in [-0.2, 0) is 6.42 Å². The van der Waals surface area contributed by atoms with Crippen LogP contribution in [0, 0.1) is 6.92 Å². The van der Waals surface area contributed by atoms with E-state index in [9.17, 15) is 0 Å². The fraction of sp³-hybridized carbons (Fsp3) is 0.294. The molecule has 2 rings (SSSR count). The standard InChI is InChI=1S/C17H20ClNO/c1-12-6-4-5-7-13(12)10-16(19-2)15-11-14(18)8-9-17(15)20-3/h4-9,11,16,19H,10H2,1-3H3. The Bertz CT molecular complexity index is 583. The van der Waals surface area contributed by atoms with Crippen molar-refractivity contribution in [2.75, 3.05) is 14.2 Å². The molecule has 0 aromatic heterocycles.